The van der Waals surface area contributed by atoms with Crippen molar-refractivity contribution in [1.82, 2.24) is 0 Å². The van der Waals surface area contributed by atoms with Crippen LogP contribution in [0.1, 0.15) is 18.1 Å². The summed E-state index contributed by atoms with van der Waals surface area (Å²) < 4.78 is 39.5. The zero-order chi connectivity index (χ0) is 23.3. The van der Waals surface area contributed by atoms with Crippen molar-refractivity contribution in [2.45, 2.75) is 25.3 Å². The molecule has 0 fully saturated rings. The van der Waals surface area contributed by atoms with Crippen LogP contribution in [0.5, 0.6) is 11.5 Å². The Morgan fingerprint density at radius 2 is 1.53 bits per heavy atom. The number of rotatable bonds is 8. The van der Waals surface area contributed by atoms with E-state index in [0.29, 0.717) is 22.9 Å². The molecule has 3 rings (SSSR count). The number of amides is 1. The van der Waals surface area contributed by atoms with Gasteiger partial charge in [0.15, 0.2) is 0 Å². The van der Waals surface area contributed by atoms with Gasteiger partial charge in [-0.2, -0.15) is 0 Å². The number of aryl methyl sites for hydroxylation is 1. The summed E-state index contributed by atoms with van der Waals surface area (Å²) in [4.78, 5) is 11.4. The second-order valence-corrected chi connectivity index (χ2v) is 9.08. The first-order valence-corrected chi connectivity index (χ1v) is 11.4. The van der Waals surface area contributed by atoms with Crippen molar-refractivity contribution >= 4 is 27.3 Å². The van der Waals surface area contributed by atoms with Crippen molar-refractivity contribution in [3.05, 3.63) is 77.9 Å². The minimum Gasteiger partial charge on any atom is -0.497 e. The van der Waals surface area contributed by atoms with Gasteiger partial charge < -0.3 is 14.8 Å². The van der Waals surface area contributed by atoms with Gasteiger partial charge in [-0.25, -0.2) is 8.42 Å². The first kappa shape index (κ1) is 23.1. The quantitative estimate of drug-likeness (QED) is 0.546. The number of nitrogens with one attached hydrogen (secondary N) is 1. The Balaban J connectivity index is 2.11. The molecule has 8 heteroatoms. The number of carbonyl (C=O) groups is 1. The van der Waals surface area contributed by atoms with E-state index in [-0.39, 0.29) is 17.3 Å². The molecular formula is C24H26N2O5S. The lowest BCUT2D eigenvalue weighted by Gasteiger charge is -2.26. The number of benzene rings is 3. The monoisotopic (exact) mass is 454 g/mol. The second-order valence-electron chi connectivity index (χ2n) is 7.21. The van der Waals surface area contributed by atoms with Crippen molar-refractivity contribution in [1.29, 1.82) is 0 Å². The van der Waals surface area contributed by atoms with E-state index in [9.17, 15) is 13.2 Å². The normalized spacial score (nSPS) is 11.0. The maximum atomic E-state index is 13.7. The van der Waals surface area contributed by atoms with Crippen molar-refractivity contribution < 1.29 is 22.7 Å². The molecule has 0 heterocycles. The molecule has 0 unspecified atom stereocenters. The van der Waals surface area contributed by atoms with Crippen LogP contribution in [0, 0.1) is 6.92 Å². The van der Waals surface area contributed by atoms with E-state index < -0.39 is 10.0 Å². The summed E-state index contributed by atoms with van der Waals surface area (Å²) in [6.07, 6.45) is 0. The summed E-state index contributed by atoms with van der Waals surface area (Å²) >= 11 is 0. The van der Waals surface area contributed by atoms with Crippen molar-refractivity contribution in [2.24, 2.45) is 0 Å². The largest absolute Gasteiger partial charge is 0.497 e. The minimum absolute atomic E-state index is 0.0990. The molecule has 3 aromatic carbocycles. The second kappa shape index (κ2) is 9.74. The lowest BCUT2D eigenvalue weighted by atomic mass is 10.1. The molecule has 7 nitrogen and oxygen atoms in total. The minimum atomic E-state index is -3.95. The van der Waals surface area contributed by atoms with E-state index in [1.54, 1.807) is 30.3 Å². The maximum absolute atomic E-state index is 13.7. The molecule has 0 atom stereocenters. The molecule has 0 aromatic heterocycles. The van der Waals surface area contributed by atoms with E-state index in [2.05, 4.69) is 5.32 Å². The highest BCUT2D eigenvalue weighted by atomic mass is 32.2. The summed E-state index contributed by atoms with van der Waals surface area (Å²) in [5.74, 6) is 0.723. The fourth-order valence-corrected chi connectivity index (χ4v) is 4.66. The van der Waals surface area contributed by atoms with Crippen LogP contribution in [0.2, 0.25) is 0 Å². The zero-order valence-electron chi connectivity index (χ0n) is 18.5. The molecule has 32 heavy (non-hydrogen) atoms. The smallest absolute Gasteiger partial charge is 0.264 e. The lowest BCUT2D eigenvalue weighted by molar-refractivity contribution is -0.114. The molecule has 3 aromatic rings. The van der Waals surface area contributed by atoms with Gasteiger partial charge >= 0.3 is 0 Å². The van der Waals surface area contributed by atoms with Gasteiger partial charge in [-0.15, -0.1) is 0 Å². The van der Waals surface area contributed by atoms with Crippen LogP contribution >= 0.6 is 0 Å². The van der Waals surface area contributed by atoms with Crippen molar-refractivity contribution in [3.8, 4) is 11.5 Å². The molecule has 0 saturated heterocycles. The van der Waals surface area contributed by atoms with Crippen LogP contribution in [0.4, 0.5) is 11.4 Å². The Bertz CT molecular complexity index is 1190. The maximum Gasteiger partial charge on any atom is 0.264 e. The topological polar surface area (TPSA) is 84.9 Å². The van der Waals surface area contributed by atoms with Gasteiger partial charge in [0.05, 0.1) is 31.3 Å². The first-order chi connectivity index (χ1) is 15.2. The zero-order valence-corrected chi connectivity index (χ0v) is 19.3. The number of sulfonamides is 1. The predicted octanol–water partition coefficient (Wildman–Crippen LogP) is 4.37. The van der Waals surface area contributed by atoms with Gasteiger partial charge in [0, 0.05) is 30.8 Å². The SMILES string of the molecule is COc1cc(OC)cc(N(Cc2ccccc2C)S(=O)(=O)c2ccc(NC(C)=O)cc2)c1. The molecule has 0 aliphatic rings. The molecule has 1 amide bonds. The summed E-state index contributed by atoms with van der Waals surface area (Å²) in [6, 6.07) is 18.7. The third-order valence-electron chi connectivity index (χ3n) is 4.96. The van der Waals surface area contributed by atoms with E-state index in [1.807, 2.05) is 31.2 Å². The Morgan fingerprint density at radius 1 is 0.938 bits per heavy atom. The predicted molar refractivity (Wildman–Crippen MR) is 125 cm³/mol. The first-order valence-electron chi connectivity index (χ1n) is 9.92. The van der Waals surface area contributed by atoms with Crippen LogP contribution in [0.15, 0.2) is 71.6 Å². The number of anilines is 2. The van der Waals surface area contributed by atoms with Crippen LogP contribution in [-0.4, -0.2) is 28.5 Å². The van der Waals surface area contributed by atoms with Gasteiger partial charge in [-0.3, -0.25) is 9.10 Å². The number of methoxy groups -OCH3 is 2. The van der Waals surface area contributed by atoms with Crippen LogP contribution in [0.25, 0.3) is 0 Å². The standard InChI is InChI=1S/C24H26N2O5S/c1-17-7-5-6-8-19(17)16-26(21-13-22(30-3)15-23(14-21)31-4)32(28,29)24-11-9-20(10-12-24)25-18(2)27/h5-15H,16H2,1-4H3,(H,25,27). The number of hydrogen-bond acceptors (Lipinski definition) is 5. The third kappa shape index (κ3) is 5.20. The summed E-state index contributed by atoms with van der Waals surface area (Å²) in [5, 5.41) is 2.64. The highest BCUT2D eigenvalue weighted by molar-refractivity contribution is 7.92. The molecule has 168 valence electrons. The Hall–Kier alpha value is -3.52. The highest BCUT2D eigenvalue weighted by Crippen LogP contribution is 2.33. The number of hydrogen-bond donors (Lipinski definition) is 1. The molecule has 0 spiro atoms. The Labute approximate surface area is 188 Å². The Kier molecular flexibility index (Phi) is 7.05. The molecule has 0 radical (unpaired) electrons. The van der Waals surface area contributed by atoms with Crippen molar-refractivity contribution in [3.63, 3.8) is 0 Å². The molecular weight excluding hydrogens is 428 g/mol. The lowest BCUT2D eigenvalue weighted by Crippen LogP contribution is -2.31. The molecule has 1 N–H and O–H groups in total. The molecule has 0 saturated carbocycles. The fraction of sp³-hybridized carbons (Fsp3) is 0.208. The van der Waals surface area contributed by atoms with Gasteiger partial charge in [-0.1, -0.05) is 24.3 Å². The van der Waals surface area contributed by atoms with Crippen LogP contribution in [-0.2, 0) is 21.4 Å². The van der Waals surface area contributed by atoms with Gasteiger partial charge in [-0.05, 0) is 42.3 Å². The van der Waals surface area contributed by atoms with E-state index in [0.717, 1.165) is 11.1 Å². The molecule has 0 aliphatic carbocycles. The van der Waals surface area contributed by atoms with Crippen LogP contribution in [0.3, 0.4) is 0 Å². The van der Waals surface area contributed by atoms with Gasteiger partial charge in [0.2, 0.25) is 5.91 Å². The van der Waals surface area contributed by atoms with Crippen LogP contribution < -0.4 is 19.1 Å². The summed E-state index contributed by atoms with van der Waals surface area (Å²) in [6.45, 7) is 3.46. The summed E-state index contributed by atoms with van der Waals surface area (Å²) in [5.41, 5.74) is 2.77. The van der Waals surface area contributed by atoms with E-state index in [4.69, 9.17) is 9.47 Å². The van der Waals surface area contributed by atoms with Crippen molar-refractivity contribution in [2.75, 3.05) is 23.8 Å². The highest BCUT2D eigenvalue weighted by Gasteiger charge is 2.27. The number of nitrogens with zero attached hydrogens (tertiary/aromatic N) is 1. The molecule has 0 bridgehead atoms. The average Bonchev–Trinajstić information content (AvgIpc) is 2.78. The fourth-order valence-electron chi connectivity index (χ4n) is 3.23. The van der Waals surface area contributed by atoms with E-state index >= 15 is 0 Å². The Morgan fingerprint density at radius 3 is 2.06 bits per heavy atom. The van der Waals surface area contributed by atoms with Gasteiger partial charge in [0.25, 0.3) is 10.0 Å². The number of ether oxygens (including phenoxy) is 2. The van der Waals surface area contributed by atoms with Gasteiger partial charge in [0.1, 0.15) is 11.5 Å². The van der Waals surface area contributed by atoms with E-state index in [1.165, 1.54) is 37.6 Å². The number of carbonyl (C=O) groups excluding carboxylic acids is 1. The average molecular weight is 455 g/mol. The summed E-state index contributed by atoms with van der Waals surface area (Å²) in [7, 11) is -0.928. The molecule has 0 aliphatic heterocycles. The third-order valence-corrected chi connectivity index (χ3v) is 6.75.